The molecule has 2 amide bonds. The van der Waals surface area contributed by atoms with Gasteiger partial charge in [0, 0.05) is 37.2 Å². The fourth-order valence-electron chi connectivity index (χ4n) is 3.19. The lowest BCUT2D eigenvalue weighted by atomic mass is 10.1. The highest BCUT2D eigenvalue weighted by Crippen LogP contribution is 2.43. The van der Waals surface area contributed by atoms with Crippen LogP contribution in [0.15, 0.2) is 30.9 Å². The van der Waals surface area contributed by atoms with Crippen LogP contribution in [0.2, 0.25) is 0 Å². The lowest BCUT2D eigenvalue weighted by Gasteiger charge is -2.35. The van der Waals surface area contributed by atoms with Crippen LogP contribution in [-0.2, 0) is 0 Å². The van der Waals surface area contributed by atoms with Gasteiger partial charge in [-0.25, -0.2) is 9.78 Å². The van der Waals surface area contributed by atoms with Crippen molar-refractivity contribution in [1.29, 1.82) is 0 Å². The van der Waals surface area contributed by atoms with Crippen molar-refractivity contribution >= 4 is 17.5 Å². The summed E-state index contributed by atoms with van der Waals surface area (Å²) >= 11 is 0. The van der Waals surface area contributed by atoms with Gasteiger partial charge in [0.1, 0.15) is 0 Å². The quantitative estimate of drug-likeness (QED) is 0.843. The summed E-state index contributed by atoms with van der Waals surface area (Å²) in [6.07, 6.45) is 7.60. The van der Waals surface area contributed by atoms with Crippen LogP contribution < -0.4 is 15.5 Å². The van der Waals surface area contributed by atoms with E-state index in [1.54, 1.807) is 29.7 Å². The van der Waals surface area contributed by atoms with Crippen molar-refractivity contribution in [2.45, 2.75) is 12.5 Å². The molecule has 4 heterocycles. The highest BCUT2D eigenvalue weighted by atomic mass is 16.2. The van der Waals surface area contributed by atoms with Gasteiger partial charge in [-0.05, 0) is 12.5 Å². The lowest BCUT2D eigenvalue weighted by molar-refractivity contribution is 0.252. The molecule has 2 aliphatic heterocycles. The van der Waals surface area contributed by atoms with E-state index in [0.717, 1.165) is 36.5 Å². The first-order valence-electron chi connectivity index (χ1n) is 6.84. The molecular weight excluding hydrogens is 268 g/mol. The molecule has 0 aliphatic carbocycles. The Kier molecular flexibility index (Phi) is 2.53. The van der Waals surface area contributed by atoms with E-state index in [1.165, 1.54) is 0 Å². The Balaban J connectivity index is 1.94. The molecule has 2 aliphatic rings. The molecule has 7 heteroatoms. The Labute approximate surface area is 121 Å². The maximum absolute atomic E-state index is 11.8. The van der Waals surface area contributed by atoms with Crippen LogP contribution in [0.3, 0.4) is 0 Å². The Hall–Kier alpha value is -2.70. The molecular formula is C14H14N6O. The molecule has 2 aromatic heterocycles. The number of fused-ring (bicyclic) bond motifs is 4. The van der Waals surface area contributed by atoms with Crippen molar-refractivity contribution in [1.82, 2.24) is 15.0 Å². The van der Waals surface area contributed by atoms with Gasteiger partial charge in [-0.3, -0.25) is 14.9 Å². The second kappa shape index (κ2) is 4.41. The molecule has 0 radical (unpaired) electrons. The molecule has 0 saturated carbocycles. The minimum atomic E-state index is -0.452. The lowest BCUT2D eigenvalue weighted by Crippen LogP contribution is -2.49. The molecule has 2 aromatic rings. The highest BCUT2D eigenvalue weighted by Gasteiger charge is 2.40. The van der Waals surface area contributed by atoms with Crippen LogP contribution in [0.1, 0.15) is 6.42 Å². The van der Waals surface area contributed by atoms with Crippen LogP contribution >= 0.6 is 0 Å². The Bertz CT molecular complexity index is 704. The number of urea groups is 1. The van der Waals surface area contributed by atoms with E-state index >= 15 is 0 Å². The number of nitrogens with zero attached hydrogens (tertiary/aromatic N) is 5. The fourth-order valence-corrected chi connectivity index (χ4v) is 3.19. The molecule has 1 atom stereocenters. The van der Waals surface area contributed by atoms with Gasteiger partial charge in [0.15, 0.2) is 5.82 Å². The monoisotopic (exact) mass is 282 g/mol. The average molecular weight is 282 g/mol. The number of hydrogen-bond acceptors (Lipinski definition) is 5. The zero-order valence-electron chi connectivity index (χ0n) is 11.3. The highest BCUT2D eigenvalue weighted by molar-refractivity contribution is 5.99. The Morgan fingerprint density at radius 2 is 2.19 bits per heavy atom. The maximum Gasteiger partial charge on any atom is 0.320 e. The van der Waals surface area contributed by atoms with Gasteiger partial charge >= 0.3 is 6.03 Å². The molecule has 1 unspecified atom stereocenters. The molecule has 2 bridgehead atoms. The number of carbonyl (C=O) groups is 1. The number of nitrogens with two attached hydrogens (primary N) is 1. The molecule has 0 aromatic carbocycles. The third-order valence-electron chi connectivity index (χ3n) is 4.05. The van der Waals surface area contributed by atoms with E-state index in [-0.39, 0.29) is 6.04 Å². The van der Waals surface area contributed by atoms with Gasteiger partial charge in [-0.2, -0.15) is 0 Å². The predicted octanol–water partition coefficient (Wildman–Crippen LogP) is 1.02. The minimum Gasteiger partial charge on any atom is -0.366 e. The van der Waals surface area contributed by atoms with Crippen LogP contribution in [0, 0.1) is 0 Å². The van der Waals surface area contributed by atoms with Crippen LogP contribution in [-0.4, -0.2) is 40.1 Å². The third kappa shape index (κ3) is 1.74. The largest absolute Gasteiger partial charge is 0.366 e. The van der Waals surface area contributed by atoms with E-state index in [2.05, 4.69) is 19.9 Å². The number of hydrogen-bond donors (Lipinski definition) is 1. The van der Waals surface area contributed by atoms with E-state index in [0.29, 0.717) is 5.82 Å². The maximum atomic E-state index is 11.8. The minimum absolute atomic E-state index is 0.111. The van der Waals surface area contributed by atoms with E-state index < -0.39 is 6.03 Å². The van der Waals surface area contributed by atoms with E-state index in [1.807, 2.05) is 6.07 Å². The van der Waals surface area contributed by atoms with Gasteiger partial charge < -0.3 is 10.6 Å². The molecule has 0 spiro atoms. The van der Waals surface area contributed by atoms with Crippen molar-refractivity contribution in [3.63, 3.8) is 0 Å². The molecule has 106 valence electrons. The number of rotatable bonds is 1. The number of carbonyl (C=O) groups excluding carboxylic acids is 1. The SMILES string of the molecule is NC(=O)N1c2nccc(-c3cnccn3)c2N2CCC1C2. The Morgan fingerprint density at radius 1 is 1.29 bits per heavy atom. The third-order valence-corrected chi connectivity index (χ3v) is 4.05. The standard InChI is InChI=1S/C14H14N6O/c15-14(21)20-9-2-6-19(8-9)12-10(1-3-18-13(12)20)11-7-16-4-5-17-11/h1,3-5,7,9H,2,6,8H2,(H2,15,21). The van der Waals surface area contributed by atoms with Gasteiger partial charge in [-0.15, -0.1) is 0 Å². The fraction of sp³-hybridized carbons (Fsp3) is 0.286. The van der Waals surface area contributed by atoms with E-state index in [9.17, 15) is 4.79 Å². The van der Waals surface area contributed by atoms with Crippen molar-refractivity contribution < 1.29 is 4.79 Å². The van der Waals surface area contributed by atoms with Gasteiger partial charge in [-0.1, -0.05) is 0 Å². The summed E-state index contributed by atoms with van der Waals surface area (Å²) < 4.78 is 0. The molecule has 1 fully saturated rings. The van der Waals surface area contributed by atoms with Crippen molar-refractivity contribution in [2.24, 2.45) is 5.73 Å². The normalized spacial score (nSPS) is 19.5. The van der Waals surface area contributed by atoms with Crippen molar-refractivity contribution in [3.05, 3.63) is 30.9 Å². The molecule has 7 nitrogen and oxygen atoms in total. The summed E-state index contributed by atoms with van der Waals surface area (Å²) in [4.78, 5) is 28.5. The summed E-state index contributed by atoms with van der Waals surface area (Å²) in [5.41, 5.74) is 8.18. The number of aromatic nitrogens is 3. The number of anilines is 2. The Morgan fingerprint density at radius 3 is 2.95 bits per heavy atom. The zero-order chi connectivity index (χ0) is 14.4. The molecule has 4 rings (SSSR count). The summed E-state index contributed by atoms with van der Waals surface area (Å²) in [5, 5.41) is 0. The summed E-state index contributed by atoms with van der Waals surface area (Å²) in [6.45, 7) is 1.68. The summed E-state index contributed by atoms with van der Waals surface area (Å²) in [7, 11) is 0. The smallest absolute Gasteiger partial charge is 0.320 e. The molecule has 2 N–H and O–H groups in total. The predicted molar refractivity (Wildman–Crippen MR) is 77.9 cm³/mol. The van der Waals surface area contributed by atoms with Gasteiger partial charge in [0.2, 0.25) is 0 Å². The van der Waals surface area contributed by atoms with Gasteiger partial charge in [0.05, 0.1) is 23.6 Å². The topological polar surface area (TPSA) is 88.2 Å². The molecule has 1 saturated heterocycles. The second-order valence-corrected chi connectivity index (χ2v) is 5.22. The average Bonchev–Trinajstić information content (AvgIpc) is 2.91. The van der Waals surface area contributed by atoms with E-state index in [4.69, 9.17) is 5.73 Å². The summed E-state index contributed by atoms with van der Waals surface area (Å²) in [5.74, 6) is 0.624. The van der Waals surface area contributed by atoms with Gasteiger partial charge in [0.25, 0.3) is 0 Å². The summed E-state index contributed by atoms with van der Waals surface area (Å²) in [6, 6.07) is 1.56. The number of amides is 2. The second-order valence-electron chi connectivity index (χ2n) is 5.22. The van der Waals surface area contributed by atoms with Crippen LogP contribution in [0.4, 0.5) is 16.3 Å². The first kappa shape index (κ1) is 12.1. The molecule has 21 heavy (non-hydrogen) atoms. The van der Waals surface area contributed by atoms with Crippen LogP contribution in [0.25, 0.3) is 11.3 Å². The number of primary amides is 1. The number of pyridine rings is 1. The first-order chi connectivity index (χ1) is 10.3. The van der Waals surface area contributed by atoms with Crippen molar-refractivity contribution in [3.8, 4) is 11.3 Å². The van der Waals surface area contributed by atoms with Crippen molar-refractivity contribution in [2.75, 3.05) is 22.9 Å². The first-order valence-corrected chi connectivity index (χ1v) is 6.84. The van der Waals surface area contributed by atoms with Crippen LogP contribution in [0.5, 0.6) is 0 Å². The zero-order valence-corrected chi connectivity index (χ0v) is 11.3.